The number of aliphatic hydroxyl groups is 1. The van der Waals surface area contributed by atoms with Gasteiger partial charge in [0.05, 0.1) is 6.10 Å². The van der Waals surface area contributed by atoms with Crippen molar-refractivity contribution in [3.05, 3.63) is 32.1 Å². The largest absolute Gasteiger partial charge is 0.392 e. The summed E-state index contributed by atoms with van der Waals surface area (Å²) in [5, 5.41) is 11.5. The molecule has 0 saturated heterocycles. The summed E-state index contributed by atoms with van der Waals surface area (Å²) in [4.78, 5) is 38.4. The Morgan fingerprint density at radius 1 is 1.39 bits per heavy atom. The Kier molecular flexibility index (Phi) is 4.85. The summed E-state index contributed by atoms with van der Waals surface area (Å²) in [7, 11) is 0. The molecule has 0 aliphatic rings. The summed E-state index contributed by atoms with van der Waals surface area (Å²) in [6.45, 7) is 3.36. The first-order valence-electron chi connectivity index (χ1n) is 5.67. The lowest BCUT2D eigenvalue weighted by Gasteiger charge is -2.07. The number of carbonyl (C=O) groups is 1. The third kappa shape index (κ3) is 4.17. The third-order valence-electron chi connectivity index (χ3n) is 2.45. The summed E-state index contributed by atoms with van der Waals surface area (Å²) in [6.07, 6.45) is -0.237. The Labute approximate surface area is 103 Å². The normalized spacial score (nSPS) is 12.2. The number of aryl methyl sites for hydroxylation is 1. The van der Waals surface area contributed by atoms with Gasteiger partial charge in [-0.25, -0.2) is 4.79 Å². The molecule has 100 valence electrons. The van der Waals surface area contributed by atoms with Crippen molar-refractivity contribution < 1.29 is 9.90 Å². The fourth-order valence-corrected chi connectivity index (χ4v) is 1.52. The predicted octanol–water partition coefficient (Wildman–Crippen LogP) is -1.20. The van der Waals surface area contributed by atoms with Crippen LogP contribution in [0.2, 0.25) is 0 Å². The predicted molar refractivity (Wildman–Crippen MR) is 65.4 cm³/mol. The van der Waals surface area contributed by atoms with Crippen molar-refractivity contribution in [1.29, 1.82) is 0 Å². The average Bonchev–Trinajstić information content (AvgIpc) is 2.24. The van der Waals surface area contributed by atoms with Gasteiger partial charge in [0.2, 0.25) is 5.91 Å². The van der Waals surface area contributed by atoms with Crippen molar-refractivity contribution in [2.45, 2.75) is 32.8 Å². The van der Waals surface area contributed by atoms with Crippen LogP contribution < -0.4 is 16.6 Å². The second-order valence-electron chi connectivity index (χ2n) is 4.16. The molecule has 1 amide bonds. The SMILES string of the molecule is Cc1[nH]c(=O)[nH]c(=O)c1CCC(=O)NCC(C)O. The highest BCUT2D eigenvalue weighted by molar-refractivity contribution is 5.76. The summed E-state index contributed by atoms with van der Waals surface area (Å²) < 4.78 is 0. The van der Waals surface area contributed by atoms with Crippen LogP contribution in [0.25, 0.3) is 0 Å². The molecule has 1 unspecified atom stereocenters. The Morgan fingerprint density at radius 2 is 2.06 bits per heavy atom. The van der Waals surface area contributed by atoms with Crippen molar-refractivity contribution in [1.82, 2.24) is 15.3 Å². The lowest BCUT2D eigenvalue weighted by molar-refractivity contribution is -0.121. The van der Waals surface area contributed by atoms with Gasteiger partial charge in [0, 0.05) is 24.2 Å². The molecule has 1 heterocycles. The number of hydrogen-bond donors (Lipinski definition) is 4. The van der Waals surface area contributed by atoms with Crippen LogP contribution in [-0.4, -0.2) is 33.6 Å². The molecule has 0 radical (unpaired) electrons. The maximum Gasteiger partial charge on any atom is 0.325 e. The highest BCUT2D eigenvalue weighted by atomic mass is 16.3. The summed E-state index contributed by atoms with van der Waals surface area (Å²) >= 11 is 0. The van der Waals surface area contributed by atoms with Crippen molar-refractivity contribution in [3.63, 3.8) is 0 Å². The van der Waals surface area contributed by atoms with Crippen LogP contribution in [0.5, 0.6) is 0 Å². The Bertz CT molecular complexity index is 530. The average molecular weight is 255 g/mol. The van der Waals surface area contributed by atoms with Gasteiger partial charge in [-0.1, -0.05) is 0 Å². The van der Waals surface area contributed by atoms with E-state index in [1.807, 2.05) is 0 Å². The van der Waals surface area contributed by atoms with Crippen LogP contribution in [0.1, 0.15) is 24.6 Å². The number of hydrogen-bond acceptors (Lipinski definition) is 4. The molecule has 0 bridgehead atoms. The molecule has 0 saturated carbocycles. The smallest absolute Gasteiger partial charge is 0.325 e. The Balaban J connectivity index is 2.62. The van der Waals surface area contributed by atoms with E-state index in [2.05, 4.69) is 15.3 Å². The van der Waals surface area contributed by atoms with E-state index in [4.69, 9.17) is 5.11 Å². The topological polar surface area (TPSA) is 115 Å². The lowest BCUT2D eigenvalue weighted by atomic mass is 10.1. The Morgan fingerprint density at radius 3 is 2.61 bits per heavy atom. The van der Waals surface area contributed by atoms with Crippen LogP contribution in [0.15, 0.2) is 9.59 Å². The molecule has 1 aromatic heterocycles. The first-order chi connectivity index (χ1) is 8.40. The number of amides is 1. The molecular formula is C11H17N3O4. The second-order valence-corrected chi connectivity index (χ2v) is 4.16. The number of aromatic nitrogens is 2. The van der Waals surface area contributed by atoms with Gasteiger partial charge in [-0.05, 0) is 20.3 Å². The fraction of sp³-hybridized carbons (Fsp3) is 0.545. The van der Waals surface area contributed by atoms with E-state index >= 15 is 0 Å². The molecule has 7 heteroatoms. The molecule has 1 rings (SSSR count). The standard InChI is InChI=1S/C11H17N3O4/c1-6(15)5-12-9(16)4-3-8-7(2)13-11(18)14-10(8)17/h6,15H,3-5H2,1-2H3,(H,12,16)(H2,13,14,17,18). The quantitative estimate of drug-likeness (QED) is 0.529. The number of rotatable bonds is 5. The first-order valence-corrected chi connectivity index (χ1v) is 5.67. The minimum atomic E-state index is -0.604. The highest BCUT2D eigenvalue weighted by Gasteiger charge is 2.09. The van der Waals surface area contributed by atoms with Crippen molar-refractivity contribution >= 4 is 5.91 Å². The van der Waals surface area contributed by atoms with Gasteiger partial charge in [-0.15, -0.1) is 0 Å². The van der Waals surface area contributed by atoms with E-state index in [9.17, 15) is 14.4 Å². The second kappa shape index (κ2) is 6.15. The van der Waals surface area contributed by atoms with Crippen LogP contribution in [0, 0.1) is 6.92 Å². The minimum absolute atomic E-state index is 0.128. The third-order valence-corrected chi connectivity index (χ3v) is 2.45. The highest BCUT2D eigenvalue weighted by Crippen LogP contribution is 1.99. The zero-order valence-corrected chi connectivity index (χ0v) is 10.4. The van der Waals surface area contributed by atoms with Gasteiger partial charge in [0.1, 0.15) is 0 Å². The van der Waals surface area contributed by atoms with Gasteiger partial charge in [0.15, 0.2) is 0 Å². The molecule has 7 nitrogen and oxygen atoms in total. The number of aliphatic hydroxyl groups excluding tert-OH is 1. The van der Waals surface area contributed by atoms with Gasteiger partial charge in [-0.3, -0.25) is 14.6 Å². The molecule has 0 fully saturated rings. The summed E-state index contributed by atoms with van der Waals surface area (Å²) in [6, 6.07) is 0. The molecule has 0 spiro atoms. The Hall–Kier alpha value is -1.89. The molecular weight excluding hydrogens is 238 g/mol. The van der Waals surface area contributed by atoms with Crippen molar-refractivity contribution in [2.24, 2.45) is 0 Å². The van der Waals surface area contributed by atoms with E-state index < -0.39 is 17.4 Å². The van der Waals surface area contributed by atoms with Crippen LogP contribution in [-0.2, 0) is 11.2 Å². The maximum absolute atomic E-state index is 11.5. The van der Waals surface area contributed by atoms with Gasteiger partial charge in [-0.2, -0.15) is 0 Å². The molecule has 0 aliphatic carbocycles. The summed E-state index contributed by atoms with van der Waals surface area (Å²) in [5.74, 6) is -0.249. The number of carbonyl (C=O) groups excluding carboxylic acids is 1. The monoisotopic (exact) mass is 255 g/mol. The number of H-pyrrole nitrogens is 2. The van der Waals surface area contributed by atoms with Crippen molar-refractivity contribution in [3.8, 4) is 0 Å². The maximum atomic E-state index is 11.5. The first kappa shape index (κ1) is 14.2. The number of aromatic amines is 2. The zero-order valence-electron chi connectivity index (χ0n) is 10.4. The molecule has 4 N–H and O–H groups in total. The molecule has 1 aromatic rings. The van der Waals surface area contributed by atoms with E-state index in [-0.39, 0.29) is 25.3 Å². The molecule has 18 heavy (non-hydrogen) atoms. The molecule has 1 atom stereocenters. The van der Waals surface area contributed by atoms with Crippen LogP contribution >= 0.6 is 0 Å². The number of nitrogens with one attached hydrogen (secondary N) is 3. The molecule has 0 aliphatic heterocycles. The van der Waals surface area contributed by atoms with Gasteiger partial charge >= 0.3 is 5.69 Å². The van der Waals surface area contributed by atoms with E-state index in [1.54, 1.807) is 13.8 Å². The van der Waals surface area contributed by atoms with E-state index in [1.165, 1.54) is 0 Å². The molecule has 0 aromatic carbocycles. The lowest BCUT2D eigenvalue weighted by Crippen LogP contribution is -2.32. The van der Waals surface area contributed by atoms with Gasteiger partial charge < -0.3 is 15.4 Å². The fourth-order valence-electron chi connectivity index (χ4n) is 1.52. The van der Waals surface area contributed by atoms with E-state index in [0.717, 1.165) is 0 Å². The summed E-state index contributed by atoms with van der Waals surface area (Å²) in [5.41, 5.74) is -0.173. The van der Waals surface area contributed by atoms with Crippen LogP contribution in [0.4, 0.5) is 0 Å². The van der Waals surface area contributed by atoms with E-state index in [0.29, 0.717) is 11.3 Å². The zero-order chi connectivity index (χ0) is 13.7. The van der Waals surface area contributed by atoms with Gasteiger partial charge in [0.25, 0.3) is 5.56 Å². The minimum Gasteiger partial charge on any atom is -0.392 e. The van der Waals surface area contributed by atoms with Crippen LogP contribution in [0.3, 0.4) is 0 Å². The van der Waals surface area contributed by atoms with Crippen molar-refractivity contribution in [2.75, 3.05) is 6.54 Å².